The first-order valence-corrected chi connectivity index (χ1v) is 13.2. The smallest absolute Gasteiger partial charge is 0.364 e. The number of nitrogens with zero attached hydrogens (tertiary/aromatic N) is 2. The van der Waals surface area contributed by atoms with Gasteiger partial charge in [-0.3, -0.25) is 4.79 Å². The minimum absolute atomic E-state index is 0.0726. The highest BCUT2D eigenvalue weighted by Gasteiger charge is 2.73. The molecule has 1 aromatic heterocycles. The van der Waals surface area contributed by atoms with Crippen LogP contribution in [0.15, 0.2) is 64.2 Å². The van der Waals surface area contributed by atoms with Gasteiger partial charge in [0.25, 0.3) is 5.91 Å². The summed E-state index contributed by atoms with van der Waals surface area (Å²) in [6.07, 6.45) is -11.9. The van der Waals surface area contributed by atoms with Crippen molar-refractivity contribution in [3.8, 4) is 0 Å². The second-order valence-electron chi connectivity index (χ2n) is 9.68. The first kappa shape index (κ1) is 28.1. The third kappa shape index (κ3) is 3.91. The molecule has 15 heteroatoms. The maximum Gasteiger partial charge on any atom is 0.435 e. The summed E-state index contributed by atoms with van der Waals surface area (Å²) >= 11 is 0. The van der Waals surface area contributed by atoms with E-state index >= 15 is 0 Å². The molecule has 0 spiro atoms. The van der Waals surface area contributed by atoms with E-state index in [0.717, 1.165) is 41.5 Å². The van der Waals surface area contributed by atoms with Crippen LogP contribution >= 0.6 is 0 Å². The minimum atomic E-state index is -6.36. The van der Waals surface area contributed by atoms with Crippen LogP contribution in [0.5, 0.6) is 0 Å². The molecular weight excluding hydrogens is 576 g/mol. The molecule has 0 radical (unpaired) electrons. The first-order valence-electron chi connectivity index (χ1n) is 11.7. The van der Waals surface area contributed by atoms with Gasteiger partial charge in [-0.25, -0.2) is 17.2 Å². The van der Waals surface area contributed by atoms with Gasteiger partial charge in [0.2, 0.25) is 0 Å². The van der Waals surface area contributed by atoms with E-state index in [4.69, 9.17) is 0 Å². The summed E-state index contributed by atoms with van der Waals surface area (Å²) in [7, 11) is -4.57. The zero-order valence-corrected chi connectivity index (χ0v) is 20.9. The molecule has 2 unspecified atom stereocenters. The molecule has 0 bridgehead atoms. The van der Waals surface area contributed by atoms with Gasteiger partial charge in [0.1, 0.15) is 16.8 Å². The standard InChI is InChI=1S/C25H18F8N2O4S/c26-17-4-6-18(7-5-17)40(37,38)22-13-35(21(36)20-9-10-39-34-20)12-16(22)2-1-14-11-15(3-8-19(14)22)23(27,24(28,29)30)25(31,32)33/h3-11,16H,1-2,12-13H2. The molecule has 2 aliphatic rings. The van der Waals surface area contributed by atoms with Gasteiger partial charge in [0.15, 0.2) is 15.5 Å². The van der Waals surface area contributed by atoms with Crippen LogP contribution in [-0.4, -0.2) is 49.8 Å². The summed E-state index contributed by atoms with van der Waals surface area (Å²) in [6.45, 7) is -0.694. The van der Waals surface area contributed by atoms with Gasteiger partial charge >= 0.3 is 18.0 Å². The summed E-state index contributed by atoms with van der Waals surface area (Å²) in [6, 6.07) is 6.34. The molecular formula is C25H18F8N2O4S. The van der Waals surface area contributed by atoms with Gasteiger partial charge in [-0.05, 0) is 48.2 Å². The second-order valence-corrected chi connectivity index (χ2v) is 11.9. The molecule has 1 aliphatic heterocycles. The molecule has 2 atom stereocenters. The largest absolute Gasteiger partial charge is 0.435 e. The molecule has 0 saturated carbocycles. The van der Waals surface area contributed by atoms with E-state index in [2.05, 4.69) is 9.68 Å². The van der Waals surface area contributed by atoms with Gasteiger partial charge in [-0.2, -0.15) is 26.3 Å². The van der Waals surface area contributed by atoms with E-state index in [9.17, 15) is 48.3 Å². The quantitative estimate of drug-likeness (QED) is 0.295. The first-order chi connectivity index (χ1) is 18.5. The topological polar surface area (TPSA) is 80.5 Å². The van der Waals surface area contributed by atoms with E-state index in [1.165, 1.54) is 6.07 Å². The van der Waals surface area contributed by atoms with Crippen molar-refractivity contribution in [1.29, 1.82) is 0 Å². The fraction of sp³-hybridized carbons (Fsp3) is 0.360. The highest BCUT2D eigenvalue weighted by atomic mass is 32.2. The predicted molar refractivity (Wildman–Crippen MR) is 121 cm³/mol. The number of likely N-dealkylation sites (tertiary alicyclic amines) is 1. The Morgan fingerprint density at radius 1 is 0.975 bits per heavy atom. The molecule has 1 amide bonds. The maximum absolute atomic E-state index is 14.9. The monoisotopic (exact) mass is 594 g/mol. The number of benzene rings is 2. The van der Waals surface area contributed by atoms with E-state index in [1.54, 1.807) is 0 Å². The van der Waals surface area contributed by atoms with Crippen molar-refractivity contribution >= 4 is 15.7 Å². The maximum atomic E-state index is 14.9. The Morgan fingerprint density at radius 2 is 1.62 bits per heavy atom. The lowest BCUT2D eigenvalue weighted by molar-refractivity contribution is -0.348. The average Bonchev–Trinajstić information content (AvgIpc) is 3.55. The van der Waals surface area contributed by atoms with Gasteiger partial charge in [-0.1, -0.05) is 23.4 Å². The minimum Gasteiger partial charge on any atom is -0.364 e. The Morgan fingerprint density at radius 3 is 2.20 bits per heavy atom. The number of amides is 1. The lowest BCUT2D eigenvalue weighted by atomic mass is 9.75. The highest BCUT2D eigenvalue weighted by molar-refractivity contribution is 7.92. The number of hydrogen-bond acceptors (Lipinski definition) is 5. The molecule has 40 heavy (non-hydrogen) atoms. The Hall–Kier alpha value is -3.49. The van der Waals surface area contributed by atoms with Crippen molar-refractivity contribution in [2.75, 3.05) is 13.1 Å². The van der Waals surface area contributed by atoms with Crippen LogP contribution in [0, 0.1) is 11.7 Å². The van der Waals surface area contributed by atoms with Gasteiger partial charge < -0.3 is 9.42 Å². The lowest BCUT2D eigenvalue weighted by Crippen LogP contribution is -2.51. The lowest BCUT2D eigenvalue weighted by Gasteiger charge is -2.40. The van der Waals surface area contributed by atoms with E-state index in [1.807, 2.05) is 0 Å². The van der Waals surface area contributed by atoms with Gasteiger partial charge in [0, 0.05) is 30.6 Å². The number of aryl methyl sites for hydroxylation is 1. The van der Waals surface area contributed by atoms with E-state index < -0.39 is 62.4 Å². The molecule has 214 valence electrons. The van der Waals surface area contributed by atoms with Crippen LogP contribution in [0.1, 0.15) is 33.6 Å². The normalized spacial score (nSPS) is 21.7. The van der Waals surface area contributed by atoms with Crippen LogP contribution in [0.2, 0.25) is 0 Å². The van der Waals surface area contributed by atoms with Crippen LogP contribution in [0.25, 0.3) is 0 Å². The Bertz CT molecular complexity index is 1540. The molecule has 3 aromatic rings. The van der Waals surface area contributed by atoms with Crippen LogP contribution in [-0.2, 0) is 26.7 Å². The zero-order chi connectivity index (χ0) is 29.3. The number of halogens is 8. The highest BCUT2D eigenvalue weighted by Crippen LogP contribution is 2.56. The van der Waals surface area contributed by atoms with Crippen molar-refractivity contribution in [2.45, 2.75) is 40.5 Å². The van der Waals surface area contributed by atoms with Crippen molar-refractivity contribution in [3.05, 3.63) is 83.0 Å². The number of alkyl halides is 7. The molecule has 2 aromatic carbocycles. The third-order valence-electron chi connectivity index (χ3n) is 7.58. The zero-order valence-electron chi connectivity index (χ0n) is 20.1. The number of fused-ring (bicyclic) bond motifs is 3. The summed E-state index contributed by atoms with van der Waals surface area (Å²) in [5.41, 5.74) is -8.02. The van der Waals surface area contributed by atoms with Gasteiger partial charge in [0.05, 0.1) is 4.90 Å². The second kappa shape index (κ2) is 9.01. The average molecular weight is 594 g/mol. The molecule has 2 heterocycles. The van der Waals surface area contributed by atoms with Crippen molar-refractivity contribution < 1.29 is 52.9 Å². The van der Waals surface area contributed by atoms with E-state index in [-0.39, 0.29) is 47.2 Å². The number of sulfone groups is 1. The van der Waals surface area contributed by atoms with Crippen molar-refractivity contribution in [2.24, 2.45) is 5.92 Å². The van der Waals surface area contributed by atoms with Gasteiger partial charge in [-0.15, -0.1) is 0 Å². The molecule has 1 fully saturated rings. The molecule has 1 aliphatic carbocycles. The van der Waals surface area contributed by atoms with Crippen molar-refractivity contribution in [3.63, 3.8) is 0 Å². The Labute approximate surface area is 221 Å². The number of carbonyl (C=O) groups excluding carboxylic acids is 1. The summed E-state index contributed by atoms with van der Waals surface area (Å²) in [4.78, 5) is 13.9. The Balaban J connectivity index is 1.71. The molecule has 1 saturated heterocycles. The summed E-state index contributed by atoms with van der Waals surface area (Å²) < 4.78 is 140. The number of carbonyl (C=O) groups is 1. The fourth-order valence-corrected chi connectivity index (χ4v) is 8.04. The van der Waals surface area contributed by atoms with Crippen LogP contribution in [0.4, 0.5) is 35.1 Å². The predicted octanol–water partition coefficient (Wildman–Crippen LogP) is 5.49. The number of aromatic nitrogens is 1. The molecule has 0 N–H and O–H groups in total. The molecule has 6 nitrogen and oxygen atoms in total. The summed E-state index contributed by atoms with van der Waals surface area (Å²) in [5, 5.41) is 3.55. The number of rotatable bonds is 4. The van der Waals surface area contributed by atoms with E-state index in [0.29, 0.717) is 6.07 Å². The Kier molecular flexibility index (Phi) is 6.32. The molecule has 5 rings (SSSR count). The van der Waals surface area contributed by atoms with Crippen LogP contribution < -0.4 is 0 Å². The fourth-order valence-electron chi connectivity index (χ4n) is 5.68. The van der Waals surface area contributed by atoms with Crippen LogP contribution in [0.3, 0.4) is 0 Å². The summed E-state index contributed by atoms with van der Waals surface area (Å²) in [5.74, 6) is -2.33. The van der Waals surface area contributed by atoms with Crippen molar-refractivity contribution in [1.82, 2.24) is 10.1 Å². The SMILES string of the molecule is O=C(c1ccon1)N1CC2CCc3cc(C(F)(C(F)(F)F)C(F)(F)F)ccc3C2(S(=O)(=O)c2ccc(F)cc2)C1. The third-order valence-corrected chi connectivity index (χ3v) is 10.1. The number of hydrogen-bond donors (Lipinski definition) is 0.